The third-order valence-corrected chi connectivity index (χ3v) is 16.2. The van der Waals surface area contributed by atoms with Crippen LogP contribution in [0.15, 0.2) is 9.98 Å². The number of carbonyl (C=O) groups excluding carboxylic acids is 13. The predicted octanol–water partition coefficient (Wildman–Crippen LogP) is -10.2. The number of hydrogen-bond acceptors (Lipinski definition) is 23. The molecule has 2 fully saturated rings. The highest BCUT2D eigenvalue weighted by Crippen LogP contribution is 2.26. The van der Waals surface area contributed by atoms with Crippen LogP contribution in [0.3, 0.4) is 0 Å². The number of carboxylic acids is 3. The highest BCUT2D eigenvalue weighted by atomic mass is 32.1. The minimum atomic E-state index is -2.04. The number of hydrogen-bond donors (Lipinski definition) is 23. The Morgan fingerprint density at radius 1 is 0.485 bits per heavy atom. The van der Waals surface area contributed by atoms with Crippen LogP contribution in [0.4, 0.5) is 0 Å². The first-order chi connectivity index (χ1) is 48.2. The van der Waals surface area contributed by atoms with Gasteiger partial charge in [0, 0.05) is 31.9 Å². The predicted molar refractivity (Wildman–Crippen MR) is 366 cm³/mol. The number of rotatable bonds is 45. The molecule has 42 nitrogen and oxygen atoms in total. The van der Waals surface area contributed by atoms with E-state index in [1.807, 2.05) is 0 Å². The minimum absolute atomic E-state index is 0.0422. The lowest BCUT2D eigenvalue weighted by atomic mass is 10.0. The van der Waals surface area contributed by atoms with Gasteiger partial charge < -0.3 is 128 Å². The van der Waals surface area contributed by atoms with Crippen LogP contribution >= 0.6 is 12.6 Å². The molecule has 2 rings (SSSR count). The molecular formula is C60H102N20O22S. The summed E-state index contributed by atoms with van der Waals surface area (Å²) in [5.74, 6) is -19.6. The van der Waals surface area contributed by atoms with E-state index in [4.69, 9.17) is 28.7 Å². The van der Waals surface area contributed by atoms with Crippen molar-refractivity contribution in [3.05, 3.63) is 0 Å². The summed E-state index contributed by atoms with van der Waals surface area (Å²) in [6.07, 6.45) is -4.56. The maximum absolute atomic E-state index is 14.2. The fourth-order valence-corrected chi connectivity index (χ4v) is 10.9. The first-order valence-electron chi connectivity index (χ1n) is 33.2. The SMILES string of the molecule is CC(C)C[C@H](NC(=O)[C@H](CC(=O)O)NC(=O)[C@@H](NC(=O)[C@@H](N)CCCN=C(N)N)[C@@H](C)O)C(=O)NCC(=O)NCC(=O)N[C@@H](CCCN=C(N)N)C(=O)N[C@@H](CC(=O)O)C(=O)N[C@@H](CO)C(=O)N[C@@H](CC(C)C)C(=O)N[C@@H](CS)C(=O)N1CCC[C@H]1C(=O)N1CCC[C@H]1C(=O)N[C@H](C(=O)O)[C@@H](C)O. The van der Waals surface area contributed by atoms with E-state index in [1.54, 1.807) is 27.7 Å². The number of aliphatic hydroxyl groups is 3. The topological polar surface area (TPSA) is 688 Å². The number of aliphatic carboxylic acids is 3. The van der Waals surface area contributed by atoms with Crippen LogP contribution in [0.2, 0.25) is 0 Å². The molecule has 0 aromatic rings. The Labute approximate surface area is 598 Å². The van der Waals surface area contributed by atoms with Gasteiger partial charge in [-0.25, -0.2) is 4.79 Å². The smallest absolute Gasteiger partial charge is 0.328 e. The van der Waals surface area contributed by atoms with Gasteiger partial charge in [-0.3, -0.25) is 81.9 Å². The van der Waals surface area contributed by atoms with Crippen molar-refractivity contribution < 1.29 is 107 Å². The van der Waals surface area contributed by atoms with Crippen LogP contribution in [0, 0.1) is 11.8 Å². The number of aliphatic imine (C=N–C) groups is 2. The molecule has 0 aromatic heterocycles. The maximum Gasteiger partial charge on any atom is 0.328 e. The molecule has 0 bridgehead atoms. The highest BCUT2D eigenvalue weighted by molar-refractivity contribution is 7.80. The number of nitrogens with one attached hydrogen (secondary N) is 11. The summed E-state index contributed by atoms with van der Waals surface area (Å²) in [6.45, 7) is 6.15. The maximum atomic E-state index is 14.2. The summed E-state index contributed by atoms with van der Waals surface area (Å²) in [6, 6.07) is -18.8. The number of nitrogens with zero attached hydrogens (tertiary/aromatic N) is 4. The van der Waals surface area contributed by atoms with Crippen LogP contribution in [0.5, 0.6) is 0 Å². The second-order valence-corrected chi connectivity index (χ2v) is 25.8. The van der Waals surface area contributed by atoms with Gasteiger partial charge in [-0.05, 0) is 89.9 Å². The van der Waals surface area contributed by atoms with E-state index < -0.39 is 212 Å². The molecule has 43 heteroatoms. The van der Waals surface area contributed by atoms with Crippen molar-refractivity contribution in [2.45, 2.75) is 203 Å². The molecule has 0 saturated carbocycles. The fraction of sp³-hybridized carbons (Fsp3) is 0.700. The van der Waals surface area contributed by atoms with Crippen LogP contribution in [-0.4, -0.2) is 283 Å². The number of likely N-dealkylation sites (tertiary alicyclic amines) is 2. The number of thiol groups is 1. The van der Waals surface area contributed by atoms with Gasteiger partial charge in [0.25, 0.3) is 0 Å². The Hall–Kier alpha value is -9.75. The van der Waals surface area contributed by atoms with Crippen molar-refractivity contribution in [3.63, 3.8) is 0 Å². The van der Waals surface area contributed by atoms with E-state index in [-0.39, 0.29) is 107 Å². The van der Waals surface area contributed by atoms with E-state index in [2.05, 4.69) is 81.1 Å². The molecule has 103 heavy (non-hydrogen) atoms. The zero-order chi connectivity index (χ0) is 78.1. The largest absolute Gasteiger partial charge is 0.481 e. The number of aliphatic hydroxyl groups excluding tert-OH is 3. The third kappa shape index (κ3) is 31.6. The van der Waals surface area contributed by atoms with Gasteiger partial charge >= 0.3 is 17.9 Å². The lowest BCUT2D eigenvalue weighted by Gasteiger charge is -2.33. The van der Waals surface area contributed by atoms with Gasteiger partial charge in [0.05, 0.1) is 50.8 Å². The van der Waals surface area contributed by atoms with Crippen molar-refractivity contribution in [1.82, 2.24) is 68.3 Å². The first kappa shape index (κ1) is 89.3. The van der Waals surface area contributed by atoms with Crippen molar-refractivity contribution in [2.24, 2.45) is 50.5 Å². The summed E-state index contributed by atoms with van der Waals surface area (Å²) < 4.78 is 0. The Kier molecular flexibility index (Phi) is 38.7. The van der Waals surface area contributed by atoms with Gasteiger partial charge in [0.15, 0.2) is 18.0 Å². The summed E-state index contributed by atoms with van der Waals surface area (Å²) in [5, 5.41) is 84.7. The molecule has 2 heterocycles. The molecule has 13 amide bonds. The molecule has 0 unspecified atom stereocenters. The second kappa shape index (κ2) is 44.6. The molecule has 0 aromatic carbocycles. The lowest BCUT2D eigenvalue weighted by Crippen LogP contribution is -2.61. The molecule has 0 radical (unpaired) electrons. The molecule has 580 valence electrons. The first-order valence-corrected chi connectivity index (χ1v) is 33.8. The zero-order valence-electron chi connectivity index (χ0n) is 58.2. The Morgan fingerprint density at radius 2 is 0.922 bits per heavy atom. The Balaban J connectivity index is 2.22. The fourth-order valence-electron chi connectivity index (χ4n) is 10.7. The van der Waals surface area contributed by atoms with Crippen molar-refractivity contribution in [2.75, 3.05) is 51.6 Å². The van der Waals surface area contributed by atoms with Crippen molar-refractivity contribution in [1.29, 1.82) is 0 Å². The summed E-state index contributed by atoms with van der Waals surface area (Å²) in [7, 11) is 0. The Bertz CT molecular complexity index is 3060. The molecule has 2 aliphatic rings. The van der Waals surface area contributed by atoms with Gasteiger partial charge in [0.1, 0.15) is 60.4 Å². The van der Waals surface area contributed by atoms with E-state index in [0.717, 1.165) is 6.92 Å². The molecule has 2 aliphatic heterocycles. The molecule has 0 aliphatic carbocycles. The third-order valence-electron chi connectivity index (χ3n) is 15.9. The molecule has 14 atom stereocenters. The average molecular weight is 1490 g/mol. The van der Waals surface area contributed by atoms with E-state index in [0.29, 0.717) is 12.8 Å². The lowest BCUT2D eigenvalue weighted by molar-refractivity contribution is -0.149. The Morgan fingerprint density at radius 3 is 1.41 bits per heavy atom. The number of guanidine groups is 2. The molecule has 27 N–H and O–H groups in total. The quantitative estimate of drug-likeness (QED) is 0.0116. The van der Waals surface area contributed by atoms with E-state index in [1.165, 1.54) is 16.7 Å². The van der Waals surface area contributed by atoms with Crippen LogP contribution in [0.25, 0.3) is 0 Å². The summed E-state index contributed by atoms with van der Waals surface area (Å²) in [4.78, 5) is 223. The van der Waals surface area contributed by atoms with E-state index >= 15 is 0 Å². The molecule has 0 spiro atoms. The number of nitrogens with two attached hydrogens (primary N) is 5. The van der Waals surface area contributed by atoms with Crippen LogP contribution in [-0.2, 0) is 76.7 Å². The average Bonchev–Trinajstić information content (AvgIpc) is 1.67. The summed E-state index contributed by atoms with van der Waals surface area (Å²) >= 11 is 4.28. The number of carbonyl (C=O) groups is 16. The zero-order valence-corrected chi connectivity index (χ0v) is 59.1. The minimum Gasteiger partial charge on any atom is -0.481 e. The standard InChI is InChI=1S/C60H102N20O22S/c1-27(2)19-33(71-51(94)36(22-44(88)89)74-55(98)45(29(5)82)77-47(90)31(61)11-7-15-66-59(62)63)48(91)69-23-41(84)68-24-42(85)70-32(12-8-16-67-60(64)65)49(92)73-35(21-43(86)87)52(95)75-37(25-81)53(96)72-34(20-28(3)4)50(93)76-38(26-103)56(99)80-18-10-14-40(80)57(100)79-17-9-13-39(79)54(97)78-46(30(6)83)58(101)102/h27-40,45-46,81-83,103H,7-26,61H2,1-6H3,(H,68,84)(H,69,91)(H,70,85)(H,71,94)(H,72,96)(H,73,92)(H,74,98)(H,75,95)(H,76,93)(H,77,90)(H,78,97)(H,86,87)(H,88,89)(H,101,102)(H4,62,63,66)(H4,64,65,67)/t29-,30-,31+,32+,33+,34+,35+,36+,37+,38+,39+,40+,45+,46+/m1/s1. The molecule has 2 saturated heterocycles. The van der Waals surface area contributed by atoms with Gasteiger partial charge in [-0.1, -0.05) is 27.7 Å². The van der Waals surface area contributed by atoms with E-state index in [9.17, 15) is 107 Å². The van der Waals surface area contributed by atoms with Crippen LogP contribution in [0.1, 0.15) is 119 Å². The van der Waals surface area contributed by atoms with Crippen LogP contribution < -0.4 is 87.2 Å². The highest BCUT2D eigenvalue weighted by Gasteiger charge is 2.45. The van der Waals surface area contributed by atoms with Gasteiger partial charge in [-0.15, -0.1) is 0 Å². The number of carboxylic acid groups (broad SMARTS) is 3. The second-order valence-electron chi connectivity index (χ2n) is 25.5. The molecular weight excluding hydrogens is 1380 g/mol. The van der Waals surface area contributed by atoms with Crippen molar-refractivity contribution >= 4 is 119 Å². The monoisotopic (exact) mass is 1490 g/mol. The van der Waals surface area contributed by atoms with Crippen molar-refractivity contribution in [3.8, 4) is 0 Å². The summed E-state index contributed by atoms with van der Waals surface area (Å²) in [5.41, 5.74) is 27.4. The number of amides is 13. The van der Waals surface area contributed by atoms with Gasteiger partial charge in [-0.2, -0.15) is 12.6 Å². The normalized spacial score (nSPS) is 17.6. The van der Waals surface area contributed by atoms with Gasteiger partial charge in [0.2, 0.25) is 76.8 Å².